The Bertz CT molecular complexity index is 1120. The molecule has 35 heavy (non-hydrogen) atoms. The van der Waals surface area contributed by atoms with Gasteiger partial charge in [-0.1, -0.05) is 25.3 Å². The Kier molecular flexibility index (Phi) is 4.64. The maximum absolute atomic E-state index is 13.8. The Labute approximate surface area is 206 Å². The third-order valence-corrected chi connectivity index (χ3v) is 10.2. The number of amides is 1. The molecule has 3 fully saturated rings. The number of hydrogen-bond acceptors (Lipinski definition) is 6. The zero-order chi connectivity index (χ0) is 24.1. The van der Waals surface area contributed by atoms with E-state index in [0.717, 1.165) is 49.9 Å². The summed E-state index contributed by atoms with van der Waals surface area (Å²) in [4.78, 5) is 18.0. The van der Waals surface area contributed by atoms with Gasteiger partial charge in [-0.25, -0.2) is 0 Å². The van der Waals surface area contributed by atoms with Crippen molar-refractivity contribution in [1.29, 1.82) is 0 Å². The van der Waals surface area contributed by atoms with Crippen LogP contribution in [0.5, 0.6) is 11.5 Å². The van der Waals surface area contributed by atoms with Gasteiger partial charge >= 0.3 is 0 Å². The maximum Gasteiger partial charge on any atom is 0.253 e. The summed E-state index contributed by atoms with van der Waals surface area (Å²) in [6, 6.07) is 3.63. The number of aliphatic hydroxyl groups is 2. The molecule has 4 atom stereocenters. The van der Waals surface area contributed by atoms with Crippen LogP contribution in [0.1, 0.15) is 68.9 Å². The van der Waals surface area contributed by atoms with Gasteiger partial charge in [0.1, 0.15) is 5.76 Å². The molecule has 2 saturated carbocycles. The third kappa shape index (κ3) is 2.82. The molecule has 188 valence electrons. The van der Waals surface area contributed by atoms with Crippen molar-refractivity contribution in [3.05, 3.63) is 34.6 Å². The quantitative estimate of drug-likeness (QED) is 0.613. The maximum atomic E-state index is 13.8. The minimum Gasteiger partial charge on any atom is -0.508 e. The normalized spacial score (nSPS) is 36.1. The van der Waals surface area contributed by atoms with Crippen LogP contribution in [-0.2, 0) is 16.6 Å². The minimum absolute atomic E-state index is 0.0359. The standard InChI is InChI=1S/C28H36N2O5/c1-29(18-5-3-2-4-6-18)26(33)19-14-28(34)21-13-17-9-10-20(31)24-22(17)27(28,25(35-24)23(19)32)11-12-30(21)15-16-7-8-16/h9-10,16,18,21,25,31-32,34H,2-8,11-15H2,1H3/t21-,25+,27+,28-/m1/s1. The Morgan fingerprint density at radius 3 is 2.69 bits per heavy atom. The lowest BCUT2D eigenvalue weighted by molar-refractivity contribution is -0.173. The molecule has 1 aromatic carbocycles. The van der Waals surface area contributed by atoms with E-state index in [1.807, 2.05) is 13.1 Å². The number of carbonyl (C=O) groups is 1. The van der Waals surface area contributed by atoms with Gasteiger partial charge in [-0.05, 0) is 62.6 Å². The van der Waals surface area contributed by atoms with Gasteiger partial charge in [0.25, 0.3) is 5.91 Å². The smallest absolute Gasteiger partial charge is 0.253 e. The first-order chi connectivity index (χ1) is 16.8. The average Bonchev–Trinajstić information content (AvgIpc) is 3.60. The van der Waals surface area contributed by atoms with E-state index in [4.69, 9.17) is 4.74 Å². The fourth-order valence-electron chi connectivity index (χ4n) is 8.20. The Balaban J connectivity index is 1.35. The lowest BCUT2D eigenvalue weighted by atomic mass is 9.49. The van der Waals surface area contributed by atoms with Gasteiger partial charge in [-0.2, -0.15) is 0 Å². The Morgan fingerprint density at radius 2 is 1.94 bits per heavy atom. The summed E-state index contributed by atoms with van der Waals surface area (Å²) in [7, 11) is 1.84. The number of aliphatic hydroxyl groups excluding tert-OH is 1. The number of ether oxygens (including phenoxy) is 1. The lowest BCUT2D eigenvalue weighted by Gasteiger charge is -2.62. The molecule has 7 heteroatoms. The molecule has 1 spiro atoms. The van der Waals surface area contributed by atoms with Crippen molar-refractivity contribution in [2.24, 2.45) is 5.92 Å². The molecular weight excluding hydrogens is 444 g/mol. The number of nitrogens with zero attached hydrogens (tertiary/aromatic N) is 2. The molecule has 1 saturated heterocycles. The largest absolute Gasteiger partial charge is 0.508 e. The molecule has 6 aliphatic rings. The van der Waals surface area contributed by atoms with Gasteiger partial charge in [-0.3, -0.25) is 9.69 Å². The second-order valence-electron chi connectivity index (χ2n) is 12.0. The van der Waals surface area contributed by atoms with Crippen molar-refractivity contribution < 1.29 is 24.9 Å². The predicted molar refractivity (Wildman–Crippen MR) is 129 cm³/mol. The highest BCUT2D eigenvalue weighted by Crippen LogP contribution is 2.66. The Morgan fingerprint density at radius 1 is 1.17 bits per heavy atom. The Hall–Kier alpha value is -2.25. The second-order valence-corrected chi connectivity index (χ2v) is 12.0. The number of rotatable bonds is 4. The number of aromatic hydroxyl groups is 1. The molecule has 1 aromatic rings. The van der Waals surface area contributed by atoms with Crippen LogP contribution in [0.2, 0.25) is 0 Å². The van der Waals surface area contributed by atoms with Gasteiger partial charge in [0.2, 0.25) is 0 Å². The fraction of sp³-hybridized carbons (Fsp3) is 0.679. The van der Waals surface area contributed by atoms with Crippen molar-refractivity contribution in [1.82, 2.24) is 9.80 Å². The van der Waals surface area contributed by atoms with Gasteiger partial charge in [0.05, 0.1) is 16.6 Å². The molecule has 3 N–H and O–H groups in total. The van der Waals surface area contributed by atoms with Crippen molar-refractivity contribution in [3.8, 4) is 11.5 Å². The summed E-state index contributed by atoms with van der Waals surface area (Å²) < 4.78 is 6.31. The van der Waals surface area contributed by atoms with Crippen LogP contribution < -0.4 is 4.74 Å². The van der Waals surface area contributed by atoms with Crippen LogP contribution in [-0.4, -0.2) is 75.0 Å². The highest BCUT2D eigenvalue weighted by atomic mass is 16.5. The number of likely N-dealkylation sites (N-methyl/N-ethyl adjacent to an activating group) is 1. The van der Waals surface area contributed by atoms with E-state index < -0.39 is 17.1 Å². The molecule has 0 radical (unpaired) electrons. The van der Waals surface area contributed by atoms with Crippen LogP contribution in [0.15, 0.2) is 23.5 Å². The van der Waals surface area contributed by atoms with E-state index >= 15 is 0 Å². The van der Waals surface area contributed by atoms with Crippen molar-refractivity contribution in [2.45, 2.75) is 93.4 Å². The fourth-order valence-corrected chi connectivity index (χ4v) is 8.20. The zero-order valence-corrected chi connectivity index (χ0v) is 20.5. The second kappa shape index (κ2) is 7.39. The number of phenols is 1. The summed E-state index contributed by atoms with van der Waals surface area (Å²) in [5.41, 5.74) is 0.122. The third-order valence-electron chi connectivity index (χ3n) is 10.2. The zero-order valence-electron chi connectivity index (χ0n) is 20.5. The SMILES string of the molecule is CN(C(=O)C1=C(O)[C@@H]2Oc3c(O)ccc4c3[C@@]23CCN(CC2CC2)[C@H](C4)[C@]3(O)C1)C1CCCCC1. The van der Waals surface area contributed by atoms with Gasteiger partial charge < -0.3 is 25.0 Å². The number of likely N-dealkylation sites (tertiary alicyclic amines) is 1. The predicted octanol–water partition coefficient (Wildman–Crippen LogP) is 3.17. The molecule has 2 heterocycles. The molecule has 2 bridgehead atoms. The number of hydrogen-bond donors (Lipinski definition) is 3. The van der Waals surface area contributed by atoms with Crippen LogP contribution >= 0.6 is 0 Å². The summed E-state index contributed by atoms with van der Waals surface area (Å²) in [6.07, 6.45) is 8.41. The number of carbonyl (C=O) groups excluding carboxylic acids is 1. The van der Waals surface area contributed by atoms with E-state index in [2.05, 4.69) is 4.90 Å². The highest BCUT2D eigenvalue weighted by Gasteiger charge is 2.73. The number of piperidine rings is 1. The first-order valence-corrected chi connectivity index (χ1v) is 13.5. The summed E-state index contributed by atoms with van der Waals surface area (Å²) in [5.74, 6) is 0.847. The first-order valence-electron chi connectivity index (χ1n) is 13.5. The van der Waals surface area contributed by atoms with Crippen LogP contribution in [0.3, 0.4) is 0 Å². The molecule has 1 amide bonds. The topological polar surface area (TPSA) is 93.5 Å². The van der Waals surface area contributed by atoms with Gasteiger partial charge in [0.15, 0.2) is 17.6 Å². The van der Waals surface area contributed by atoms with Crippen molar-refractivity contribution in [3.63, 3.8) is 0 Å². The molecular formula is C28H36N2O5. The first kappa shape index (κ1) is 22.0. The van der Waals surface area contributed by atoms with E-state index in [1.54, 1.807) is 11.0 Å². The van der Waals surface area contributed by atoms with Crippen LogP contribution in [0.4, 0.5) is 0 Å². The molecule has 4 aliphatic carbocycles. The molecule has 2 aliphatic heterocycles. The highest BCUT2D eigenvalue weighted by molar-refractivity contribution is 5.95. The molecule has 7 rings (SSSR count). The van der Waals surface area contributed by atoms with E-state index in [-0.39, 0.29) is 41.5 Å². The summed E-state index contributed by atoms with van der Waals surface area (Å²) in [6.45, 7) is 1.78. The van der Waals surface area contributed by atoms with E-state index in [1.165, 1.54) is 19.3 Å². The molecule has 0 aromatic heterocycles. The number of benzene rings is 1. The van der Waals surface area contributed by atoms with Crippen LogP contribution in [0, 0.1) is 5.92 Å². The monoisotopic (exact) mass is 480 g/mol. The van der Waals surface area contributed by atoms with Gasteiger partial charge in [-0.15, -0.1) is 0 Å². The van der Waals surface area contributed by atoms with Gasteiger partial charge in [0, 0.05) is 37.7 Å². The molecule has 7 nitrogen and oxygen atoms in total. The van der Waals surface area contributed by atoms with Crippen LogP contribution in [0.25, 0.3) is 0 Å². The van der Waals surface area contributed by atoms with E-state index in [9.17, 15) is 20.1 Å². The molecule has 0 unspecified atom stereocenters. The van der Waals surface area contributed by atoms with Crippen molar-refractivity contribution in [2.75, 3.05) is 20.1 Å². The lowest BCUT2D eigenvalue weighted by Crippen LogP contribution is -2.75. The van der Waals surface area contributed by atoms with E-state index in [0.29, 0.717) is 24.5 Å². The minimum atomic E-state index is -1.25. The summed E-state index contributed by atoms with van der Waals surface area (Å²) >= 11 is 0. The summed E-state index contributed by atoms with van der Waals surface area (Å²) in [5, 5.41) is 35.0. The number of phenolic OH excluding ortho intramolecular Hbond substituents is 1. The van der Waals surface area contributed by atoms with Crippen molar-refractivity contribution >= 4 is 5.91 Å². The average molecular weight is 481 g/mol.